The van der Waals surface area contributed by atoms with E-state index >= 15 is 0 Å². The van der Waals surface area contributed by atoms with E-state index in [2.05, 4.69) is 5.32 Å². The van der Waals surface area contributed by atoms with Crippen LogP contribution < -0.4 is 11.1 Å². The van der Waals surface area contributed by atoms with Gasteiger partial charge >= 0.3 is 5.97 Å². The number of hydrogen-bond donors (Lipinski definition) is 3. The standard InChI is InChI=1S/C14H12F2N2O2/c1-7-2-3-8(15)4-12(7)18-13-5-9(14(19)20)11(17)6-10(13)16/h2-6,18H,17H2,1H3,(H,19,20). The van der Waals surface area contributed by atoms with Gasteiger partial charge in [0.05, 0.1) is 11.3 Å². The van der Waals surface area contributed by atoms with E-state index < -0.39 is 17.6 Å². The van der Waals surface area contributed by atoms with Crippen molar-refractivity contribution in [1.82, 2.24) is 0 Å². The maximum Gasteiger partial charge on any atom is 0.337 e. The van der Waals surface area contributed by atoms with Gasteiger partial charge in [0.1, 0.15) is 11.6 Å². The Labute approximate surface area is 113 Å². The van der Waals surface area contributed by atoms with Gasteiger partial charge in [-0.3, -0.25) is 0 Å². The number of carbonyl (C=O) groups is 1. The molecule has 0 atom stereocenters. The fourth-order valence-electron chi connectivity index (χ4n) is 1.74. The molecule has 0 aliphatic rings. The molecule has 2 aromatic rings. The molecule has 0 aliphatic heterocycles. The number of nitrogens with two attached hydrogens (primary N) is 1. The molecular formula is C14H12F2N2O2. The summed E-state index contributed by atoms with van der Waals surface area (Å²) in [5.41, 5.74) is 6.01. The summed E-state index contributed by atoms with van der Waals surface area (Å²) in [6.45, 7) is 1.72. The number of anilines is 3. The monoisotopic (exact) mass is 278 g/mol. The van der Waals surface area contributed by atoms with E-state index in [-0.39, 0.29) is 16.9 Å². The Balaban J connectivity index is 2.45. The van der Waals surface area contributed by atoms with Crippen molar-refractivity contribution in [3.63, 3.8) is 0 Å². The van der Waals surface area contributed by atoms with Crippen LogP contribution in [0.25, 0.3) is 0 Å². The number of halogens is 2. The van der Waals surface area contributed by atoms with Crippen LogP contribution in [0, 0.1) is 18.6 Å². The van der Waals surface area contributed by atoms with E-state index in [0.717, 1.165) is 12.1 Å². The summed E-state index contributed by atoms with van der Waals surface area (Å²) in [6, 6.07) is 6.01. The predicted octanol–water partition coefficient (Wildman–Crippen LogP) is 3.30. The van der Waals surface area contributed by atoms with Crippen LogP contribution in [0.4, 0.5) is 25.8 Å². The maximum absolute atomic E-state index is 13.8. The van der Waals surface area contributed by atoms with Crippen LogP contribution in [0.1, 0.15) is 15.9 Å². The van der Waals surface area contributed by atoms with Gasteiger partial charge in [-0.05, 0) is 36.8 Å². The molecule has 0 saturated carbocycles. The van der Waals surface area contributed by atoms with Gasteiger partial charge in [-0.15, -0.1) is 0 Å². The first kappa shape index (κ1) is 13.8. The summed E-state index contributed by atoms with van der Waals surface area (Å²) in [4.78, 5) is 11.0. The Morgan fingerprint density at radius 1 is 1.20 bits per heavy atom. The zero-order valence-corrected chi connectivity index (χ0v) is 10.6. The molecule has 0 saturated heterocycles. The number of rotatable bonds is 3. The highest BCUT2D eigenvalue weighted by molar-refractivity contribution is 5.95. The number of carboxylic acids is 1. The molecule has 0 bridgehead atoms. The number of nitrogens with one attached hydrogen (secondary N) is 1. The molecule has 6 heteroatoms. The highest BCUT2D eigenvalue weighted by atomic mass is 19.1. The first-order valence-corrected chi connectivity index (χ1v) is 5.74. The van der Waals surface area contributed by atoms with Crippen LogP contribution in [0.2, 0.25) is 0 Å². The second-order valence-electron chi connectivity index (χ2n) is 4.31. The zero-order chi connectivity index (χ0) is 14.9. The first-order valence-electron chi connectivity index (χ1n) is 5.74. The molecule has 20 heavy (non-hydrogen) atoms. The van der Waals surface area contributed by atoms with Crippen molar-refractivity contribution in [2.45, 2.75) is 6.92 Å². The van der Waals surface area contributed by atoms with E-state index in [0.29, 0.717) is 11.3 Å². The summed E-state index contributed by atoms with van der Waals surface area (Å²) < 4.78 is 27.0. The van der Waals surface area contributed by atoms with Gasteiger partial charge in [-0.25, -0.2) is 13.6 Å². The van der Waals surface area contributed by atoms with Crippen LogP contribution in [-0.2, 0) is 0 Å². The third-order valence-corrected chi connectivity index (χ3v) is 2.84. The summed E-state index contributed by atoms with van der Waals surface area (Å²) in [7, 11) is 0. The van der Waals surface area contributed by atoms with Gasteiger partial charge in [-0.2, -0.15) is 0 Å². The van der Waals surface area contributed by atoms with Gasteiger partial charge in [0.15, 0.2) is 0 Å². The molecule has 104 valence electrons. The lowest BCUT2D eigenvalue weighted by molar-refractivity contribution is 0.0698. The zero-order valence-electron chi connectivity index (χ0n) is 10.6. The average molecular weight is 278 g/mol. The Kier molecular flexibility index (Phi) is 3.56. The summed E-state index contributed by atoms with van der Waals surface area (Å²) in [5, 5.41) is 11.6. The second kappa shape index (κ2) is 5.16. The minimum absolute atomic E-state index is 0.0784. The van der Waals surface area contributed by atoms with Gasteiger partial charge in [-0.1, -0.05) is 6.07 Å². The van der Waals surface area contributed by atoms with Crippen LogP contribution >= 0.6 is 0 Å². The smallest absolute Gasteiger partial charge is 0.337 e. The molecule has 2 aromatic carbocycles. The molecule has 2 rings (SSSR count). The van der Waals surface area contributed by atoms with Crippen LogP contribution in [-0.4, -0.2) is 11.1 Å². The lowest BCUT2D eigenvalue weighted by Crippen LogP contribution is -2.06. The quantitative estimate of drug-likeness (QED) is 0.753. The number of benzene rings is 2. The van der Waals surface area contributed by atoms with Crippen LogP contribution in [0.5, 0.6) is 0 Å². The van der Waals surface area contributed by atoms with Crippen molar-refractivity contribution in [1.29, 1.82) is 0 Å². The third kappa shape index (κ3) is 2.69. The summed E-state index contributed by atoms with van der Waals surface area (Å²) >= 11 is 0. The molecular weight excluding hydrogens is 266 g/mol. The first-order chi connectivity index (χ1) is 9.38. The topological polar surface area (TPSA) is 75.3 Å². The van der Waals surface area contributed by atoms with Gasteiger partial charge < -0.3 is 16.2 Å². The fourth-order valence-corrected chi connectivity index (χ4v) is 1.74. The van der Waals surface area contributed by atoms with E-state index in [1.807, 2.05) is 0 Å². The minimum atomic E-state index is -1.26. The van der Waals surface area contributed by atoms with Crippen molar-refractivity contribution in [2.24, 2.45) is 0 Å². The normalized spacial score (nSPS) is 10.3. The molecule has 0 radical (unpaired) electrons. The Morgan fingerprint density at radius 2 is 1.90 bits per heavy atom. The van der Waals surface area contributed by atoms with E-state index in [9.17, 15) is 13.6 Å². The lowest BCUT2D eigenvalue weighted by Gasteiger charge is -2.12. The minimum Gasteiger partial charge on any atom is -0.478 e. The molecule has 4 nitrogen and oxygen atoms in total. The summed E-state index contributed by atoms with van der Waals surface area (Å²) in [6.07, 6.45) is 0. The molecule has 0 aromatic heterocycles. The fraction of sp³-hybridized carbons (Fsp3) is 0.0714. The van der Waals surface area contributed by atoms with Gasteiger partial charge in [0.25, 0.3) is 0 Å². The van der Waals surface area contributed by atoms with Gasteiger partial charge in [0, 0.05) is 11.4 Å². The Bertz CT molecular complexity index is 687. The van der Waals surface area contributed by atoms with Crippen molar-refractivity contribution in [3.05, 3.63) is 53.1 Å². The highest BCUT2D eigenvalue weighted by Crippen LogP contribution is 2.27. The van der Waals surface area contributed by atoms with E-state index in [4.69, 9.17) is 10.8 Å². The molecule has 0 heterocycles. The lowest BCUT2D eigenvalue weighted by atomic mass is 10.1. The van der Waals surface area contributed by atoms with Crippen molar-refractivity contribution < 1.29 is 18.7 Å². The van der Waals surface area contributed by atoms with Crippen molar-refractivity contribution in [2.75, 3.05) is 11.1 Å². The molecule has 0 amide bonds. The molecule has 0 aliphatic carbocycles. The Morgan fingerprint density at radius 3 is 2.55 bits per heavy atom. The van der Waals surface area contributed by atoms with E-state index in [1.165, 1.54) is 18.2 Å². The number of aromatic carboxylic acids is 1. The second-order valence-corrected chi connectivity index (χ2v) is 4.31. The van der Waals surface area contributed by atoms with E-state index in [1.54, 1.807) is 6.92 Å². The average Bonchev–Trinajstić information content (AvgIpc) is 2.36. The highest BCUT2D eigenvalue weighted by Gasteiger charge is 2.14. The molecule has 0 unspecified atom stereocenters. The predicted molar refractivity (Wildman–Crippen MR) is 72.2 cm³/mol. The van der Waals surface area contributed by atoms with Crippen molar-refractivity contribution in [3.8, 4) is 0 Å². The molecule has 0 spiro atoms. The number of nitrogen functional groups attached to an aromatic ring is 1. The molecule has 4 N–H and O–H groups in total. The van der Waals surface area contributed by atoms with Crippen LogP contribution in [0.15, 0.2) is 30.3 Å². The maximum atomic E-state index is 13.8. The van der Waals surface area contributed by atoms with Crippen LogP contribution in [0.3, 0.4) is 0 Å². The number of hydrogen-bond acceptors (Lipinski definition) is 3. The largest absolute Gasteiger partial charge is 0.478 e. The summed E-state index contributed by atoms with van der Waals surface area (Å²) in [5.74, 6) is -2.45. The van der Waals surface area contributed by atoms with Crippen molar-refractivity contribution >= 4 is 23.0 Å². The Hall–Kier alpha value is -2.63. The number of carboxylic acid groups (broad SMARTS) is 1. The SMILES string of the molecule is Cc1ccc(F)cc1Nc1cc(C(=O)O)c(N)cc1F. The number of aryl methyl sites for hydroxylation is 1. The molecule has 0 fully saturated rings. The van der Waals surface area contributed by atoms with Gasteiger partial charge in [0.2, 0.25) is 0 Å². The third-order valence-electron chi connectivity index (χ3n) is 2.84.